The van der Waals surface area contributed by atoms with Gasteiger partial charge in [-0.05, 0) is 43.6 Å². The second-order valence-electron chi connectivity index (χ2n) is 7.85. The van der Waals surface area contributed by atoms with Gasteiger partial charge in [0, 0.05) is 31.2 Å². The number of rotatable bonds is 7. The summed E-state index contributed by atoms with van der Waals surface area (Å²) in [5.41, 5.74) is 1.44. The summed E-state index contributed by atoms with van der Waals surface area (Å²) >= 11 is 0. The lowest BCUT2D eigenvalue weighted by molar-refractivity contribution is -0.0177. The van der Waals surface area contributed by atoms with Crippen LogP contribution in [-0.2, 0) is 11.2 Å². The summed E-state index contributed by atoms with van der Waals surface area (Å²) in [6.45, 7) is 2.76. The minimum Gasteiger partial charge on any atom is -0.396 e. The van der Waals surface area contributed by atoms with E-state index < -0.39 is 0 Å². The molecular formula is C21H33NO2. The quantitative estimate of drug-likeness (QED) is 0.803. The zero-order valence-corrected chi connectivity index (χ0v) is 14.9. The average molecular weight is 332 g/mol. The minimum absolute atomic E-state index is 0.0157. The molecular weight excluding hydrogens is 298 g/mol. The Morgan fingerprint density at radius 3 is 2.46 bits per heavy atom. The first-order chi connectivity index (χ1) is 11.8. The van der Waals surface area contributed by atoms with Gasteiger partial charge < -0.3 is 15.2 Å². The summed E-state index contributed by atoms with van der Waals surface area (Å²) in [4.78, 5) is 0. The van der Waals surface area contributed by atoms with Crippen LogP contribution in [0.1, 0.15) is 50.5 Å². The summed E-state index contributed by atoms with van der Waals surface area (Å²) in [7, 11) is 0. The van der Waals surface area contributed by atoms with Crippen molar-refractivity contribution in [1.29, 1.82) is 0 Å². The van der Waals surface area contributed by atoms with Gasteiger partial charge in [0.25, 0.3) is 0 Å². The van der Waals surface area contributed by atoms with Gasteiger partial charge in [-0.15, -0.1) is 0 Å². The highest BCUT2D eigenvalue weighted by Crippen LogP contribution is 2.32. The monoisotopic (exact) mass is 331 g/mol. The maximum atomic E-state index is 9.96. The van der Waals surface area contributed by atoms with Crippen LogP contribution in [0.25, 0.3) is 0 Å². The Bertz CT molecular complexity index is 464. The zero-order chi connectivity index (χ0) is 16.7. The summed E-state index contributed by atoms with van der Waals surface area (Å²) in [5, 5.41) is 13.8. The lowest BCUT2D eigenvalue weighted by Crippen LogP contribution is -2.48. The lowest BCUT2D eigenvalue weighted by Gasteiger charge is -2.39. The fourth-order valence-electron chi connectivity index (χ4n) is 4.35. The number of aliphatic hydroxyl groups is 1. The molecule has 1 aromatic carbocycles. The molecule has 0 bridgehead atoms. The molecule has 1 aliphatic carbocycles. The molecule has 0 amide bonds. The molecule has 1 aromatic rings. The Hall–Kier alpha value is -0.900. The highest BCUT2D eigenvalue weighted by atomic mass is 16.5. The Morgan fingerprint density at radius 2 is 1.79 bits per heavy atom. The summed E-state index contributed by atoms with van der Waals surface area (Å²) < 4.78 is 5.51. The van der Waals surface area contributed by atoms with Crippen molar-refractivity contribution >= 4 is 0 Å². The molecule has 2 fully saturated rings. The molecule has 24 heavy (non-hydrogen) atoms. The predicted octanol–water partition coefficient (Wildman–Crippen LogP) is 3.56. The molecule has 1 saturated heterocycles. The molecule has 0 radical (unpaired) electrons. The number of hydrogen-bond donors (Lipinski definition) is 2. The van der Waals surface area contributed by atoms with Gasteiger partial charge in [0.05, 0.1) is 6.61 Å². The molecule has 2 aliphatic rings. The molecule has 134 valence electrons. The van der Waals surface area contributed by atoms with Crippen LogP contribution in [-0.4, -0.2) is 37.5 Å². The number of nitrogens with one attached hydrogen (secondary N) is 1. The number of ether oxygens (including phenoxy) is 1. The van der Waals surface area contributed by atoms with Crippen molar-refractivity contribution in [3.8, 4) is 0 Å². The van der Waals surface area contributed by atoms with Crippen molar-refractivity contribution in [3.05, 3.63) is 35.9 Å². The second-order valence-corrected chi connectivity index (χ2v) is 7.85. The molecule has 1 heterocycles. The van der Waals surface area contributed by atoms with Crippen LogP contribution in [0.3, 0.4) is 0 Å². The highest BCUT2D eigenvalue weighted by Gasteiger charge is 2.33. The van der Waals surface area contributed by atoms with Gasteiger partial charge in [0.15, 0.2) is 0 Å². The first kappa shape index (κ1) is 17.9. The SMILES string of the molecule is OCC1(CNC(Cc2ccccc2)C2CCCCC2)CCOCC1. The summed E-state index contributed by atoms with van der Waals surface area (Å²) in [5.74, 6) is 0.773. The van der Waals surface area contributed by atoms with Crippen molar-refractivity contribution < 1.29 is 9.84 Å². The van der Waals surface area contributed by atoms with E-state index in [-0.39, 0.29) is 12.0 Å². The van der Waals surface area contributed by atoms with E-state index in [1.807, 2.05) is 0 Å². The maximum absolute atomic E-state index is 9.96. The zero-order valence-electron chi connectivity index (χ0n) is 14.9. The number of hydrogen-bond acceptors (Lipinski definition) is 3. The van der Waals surface area contributed by atoms with E-state index in [4.69, 9.17) is 4.74 Å². The van der Waals surface area contributed by atoms with Gasteiger partial charge in [-0.1, -0.05) is 49.6 Å². The van der Waals surface area contributed by atoms with Crippen LogP contribution in [0.2, 0.25) is 0 Å². The molecule has 1 unspecified atom stereocenters. The smallest absolute Gasteiger partial charge is 0.0501 e. The molecule has 0 aromatic heterocycles. The second kappa shape index (κ2) is 8.98. The Labute approximate surface area is 146 Å². The van der Waals surface area contributed by atoms with Crippen LogP contribution in [0.4, 0.5) is 0 Å². The van der Waals surface area contributed by atoms with Gasteiger partial charge in [-0.3, -0.25) is 0 Å². The van der Waals surface area contributed by atoms with E-state index in [1.165, 1.54) is 37.7 Å². The minimum atomic E-state index is 0.0157. The molecule has 1 saturated carbocycles. The molecule has 3 nitrogen and oxygen atoms in total. The Morgan fingerprint density at radius 1 is 1.08 bits per heavy atom. The van der Waals surface area contributed by atoms with Gasteiger partial charge in [-0.25, -0.2) is 0 Å². The fraction of sp³-hybridized carbons (Fsp3) is 0.714. The van der Waals surface area contributed by atoms with Crippen molar-refractivity contribution in [1.82, 2.24) is 5.32 Å². The van der Waals surface area contributed by atoms with Crippen LogP contribution in [0, 0.1) is 11.3 Å². The van der Waals surface area contributed by atoms with E-state index in [0.717, 1.165) is 44.9 Å². The van der Waals surface area contributed by atoms with Crippen molar-refractivity contribution in [3.63, 3.8) is 0 Å². The normalized spacial score (nSPS) is 23.0. The molecule has 3 heteroatoms. The van der Waals surface area contributed by atoms with Crippen molar-refractivity contribution in [2.24, 2.45) is 11.3 Å². The van der Waals surface area contributed by atoms with Gasteiger partial charge in [0.2, 0.25) is 0 Å². The highest BCUT2D eigenvalue weighted by molar-refractivity contribution is 5.16. The van der Waals surface area contributed by atoms with E-state index >= 15 is 0 Å². The fourth-order valence-corrected chi connectivity index (χ4v) is 4.35. The third kappa shape index (κ3) is 4.81. The topological polar surface area (TPSA) is 41.5 Å². The lowest BCUT2D eigenvalue weighted by atomic mass is 9.78. The van der Waals surface area contributed by atoms with Crippen LogP contribution in [0.15, 0.2) is 30.3 Å². The Balaban J connectivity index is 1.64. The summed E-state index contributed by atoms with van der Waals surface area (Å²) in [6.07, 6.45) is 9.88. The maximum Gasteiger partial charge on any atom is 0.0501 e. The summed E-state index contributed by atoms with van der Waals surface area (Å²) in [6, 6.07) is 11.4. The van der Waals surface area contributed by atoms with E-state index in [2.05, 4.69) is 35.6 Å². The third-order valence-electron chi connectivity index (χ3n) is 6.15. The van der Waals surface area contributed by atoms with Crippen molar-refractivity contribution in [2.75, 3.05) is 26.4 Å². The Kier molecular flexibility index (Phi) is 6.70. The molecule has 2 N–H and O–H groups in total. The van der Waals surface area contributed by atoms with Gasteiger partial charge in [-0.2, -0.15) is 0 Å². The molecule has 3 rings (SSSR count). The van der Waals surface area contributed by atoms with Crippen LogP contribution in [0.5, 0.6) is 0 Å². The standard InChI is InChI=1S/C21H33NO2/c23-17-21(11-13-24-14-12-21)16-22-20(19-9-5-2-6-10-19)15-18-7-3-1-4-8-18/h1,3-4,7-8,19-20,22-23H,2,5-6,9-17H2. The van der Waals surface area contributed by atoms with E-state index in [0.29, 0.717) is 6.04 Å². The first-order valence-electron chi connectivity index (χ1n) is 9.77. The molecule has 1 atom stereocenters. The van der Waals surface area contributed by atoms with Gasteiger partial charge in [0.1, 0.15) is 0 Å². The van der Waals surface area contributed by atoms with Crippen molar-refractivity contribution in [2.45, 2.75) is 57.4 Å². The number of benzene rings is 1. The molecule has 1 aliphatic heterocycles. The van der Waals surface area contributed by atoms with Gasteiger partial charge >= 0.3 is 0 Å². The van der Waals surface area contributed by atoms with Crippen LogP contribution < -0.4 is 5.32 Å². The predicted molar refractivity (Wildman–Crippen MR) is 98.1 cm³/mol. The first-order valence-corrected chi connectivity index (χ1v) is 9.77. The van der Waals surface area contributed by atoms with E-state index in [1.54, 1.807) is 0 Å². The van der Waals surface area contributed by atoms with Crippen LogP contribution >= 0.6 is 0 Å². The largest absolute Gasteiger partial charge is 0.396 e. The third-order valence-corrected chi connectivity index (χ3v) is 6.15. The number of aliphatic hydroxyl groups excluding tert-OH is 1. The average Bonchev–Trinajstić information content (AvgIpc) is 2.67. The molecule has 0 spiro atoms. The van der Waals surface area contributed by atoms with E-state index in [9.17, 15) is 5.11 Å².